The van der Waals surface area contributed by atoms with Crippen molar-refractivity contribution in [1.82, 2.24) is 5.32 Å². The normalized spacial score (nSPS) is 20.5. The van der Waals surface area contributed by atoms with E-state index in [2.05, 4.69) is 10.6 Å². The van der Waals surface area contributed by atoms with Crippen molar-refractivity contribution in [1.29, 1.82) is 5.41 Å². The van der Waals surface area contributed by atoms with E-state index < -0.39 is 0 Å². The molecule has 0 unspecified atom stereocenters. The van der Waals surface area contributed by atoms with E-state index in [1.807, 2.05) is 25.2 Å². The Hall–Kier alpha value is -1.75. The summed E-state index contributed by atoms with van der Waals surface area (Å²) in [4.78, 5) is 0. The van der Waals surface area contributed by atoms with Crippen molar-refractivity contribution >= 4 is 11.5 Å². The van der Waals surface area contributed by atoms with Gasteiger partial charge in [0.2, 0.25) is 0 Å². The summed E-state index contributed by atoms with van der Waals surface area (Å²) in [6, 6.07) is 5.69. The van der Waals surface area contributed by atoms with Crippen molar-refractivity contribution in [2.45, 2.75) is 18.9 Å². The van der Waals surface area contributed by atoms with Crippen LogP contribution in [0.15, 0.2) is 18.2 Å². The molecule has 0 amide bonds. The number of nitrogens with two attached hydrogens (primary N) is 1. The Labute approximate surface area is 113 Å². The van der Waals surface area contributed by atoms with E-state index in [9.17, 15) is 0 Å². The Balaban J connectivity index is 1.68. The maximum absolute atomic E-state index is 7.59. The van der Waals surface area contributed by atoms with Crippen molar-refractivity contribution in [2.75, 3.05) is 25.5 Å². The summed E-state index contributed by atoms with van der Waals surface area (Å²) in [5.41, 5.74) is 7.65. The van der Waals surface area contributed by atoms with Crippen molar-refractivity contribution in [3.8, 4) is 5.75 Å². The van der Waals surface area contributed by atoms with Crippen LogP contribution in [0.25, 0.3) is 0 Å². The van der Waals surface area contributed by atoms with Crippen LogP contribution in [0.2, 0.25) is 0 Å². The summed E-state index contributed by atoms with van der Waals surface area (Å²) >= 11 is 0. The first kappa shape index (κ1) is 12.3. The van der Waals surface area contributed by atoms with E-state index in [-0.39, 0.29) is 5.84 Å². The Morgan fingerprint density at radius 3 is 2.74 bits per heavy atom. The average molecular weight is 260 g/mol. The first-order valence-electron chi connectivity index (χ1n) is 6.65. The molecule has 5 N–H and O–H groups in total. The molecule has 0 aromatic heterocycles. The molecular formula is C14H20N4O. The molecule has 1 heterocycles. The van der Waals surface area contributed by atoms with Gasteiger partial charge < -0.3 is 21.1 Å². The lowest BCUT2D eigenvalue weighted by atomic mass is 9.63. The minimum absolute atomic E-state index is 0.0584. The fourth-order valence-electron chi connectivity index (χ4n) is 2.99. The topological polar surface area (TPSA) is 83.2 Å². The molecule has 0 atom stereocenters. The van der Waals surface area contributed by atoms with Crippen LogP contribution in [0, 0.1) is 10.8 Å². The van der Waals surface area contributed by atoms with Crippen LogP contribution in [0.5, 0.6) is 5.75 Å². The highest BCUT2D eigenvalue weighted by molar-refractivity contribution is 6.00. The van der Waals surface area contributed by atoms with Gasteiger partial charge in [0, 0.05) is 36.8 Å². The third-order valence-corrected chi connectivity index (χ3v) is 4.17. The van der Waals surface area contributed by atoms with Crippen molar-refractivity contribution in [3.05, 3.63) is 23.8 Å². The summed E-state index contributed by atoms with van der Waals surface area (Å²) in [5, 5.41) is 13.9. The zero-order valence-corrected chi connectivity index (χ0v) is 11.1. The quantitative estimate of drug-likeness (QED) is 0.483. The first-order valence-corrected chi connectivity index (χ1v) is 6.65. The number of nitrogens with one attached hydrogen (secondary N) is 3. The summed E-state index contributed by atoms with van der Waals surface area (Å²) < 4.78 is 5.96. The molecule has 5 nitrogen and oxygen atoms in total. The Bertz CT molecular complexity index is 502. The third kappa shape index (κ3) is 2.14. The number of hydrogen-bond acceptors (Lipinski definition) is 4. The minimum Gasteiger partial charge on any atom is -0.490 e. The lowest BCUT2D eigenvalue weighted by Crippen LogP contribution is -2.62. The summed E-state index contributed by atoms with van der Waals surface area (Å²) in [5.74, 6) is 0.861. The number of ether oxygens (including phenoxy) is 1. The highest BCUT2D eigenvalue weighted by Gasteiger charge is 2.49. The van der Waals surface area contributed by atoms with Crippen molar-refractivity contribution in [2.24, 2.45) is 11.1 Å². The second kappa shape index (κ2) is 4.42. The maximum atomic E-state index is 7.59. The summed E-state index contributed by atoms with van der Waals surface area (Å²) in [7, 11) is 1.82. The maximum Gasteiger partial charge on any atom is 0.125 e. The van der Waals surface area contributed by atoms with Gasteiger partial charge in [-0.1, -0.05) is 0 Å². The van der Waals surface area contributed by atoms with Gasteiger partial charge in [-0.3, -0.25) is 5.41 Å². The van der Waals surface area contributed by atoms with Gasteiger partial charge in [-0.2, -0.15) is 0 Å². The van der Waals surface area contributed by atoms with Gasteiger partial charge in [0.1, 0.15) is 11.6 Å². The van der Waals surface area contributed by atoms with Gasteiger partial charge in [0.05, 0.1) is 6.10 Å². The summed E-state index contributed by atoms with van der Waals surface area (Å²) in [6.45, 7) is 2.26. The molecule has 1 aromatic rings. The number of rotatable bonds is 4. The second-order valence-corrected chi connectivity index (χ2v) is 5.62. The fourth-order valence-corrected chi connectivity index (χ4v) is 2.99. The SMILES string of the molecule is CNc1ccc(OC2CC3(CNC3)C2)cc1C(=N)N. The number of hydrogen-bond donors (Lipinski definition) is 4. The van der Waals surface area contributed by atoms with Crippen molar-refractivity contribution in [3.63, 3.8) is 0 Å². The number of nitrogen functional groups attached to an aromatic ring is 1. The van der Waals surface area contributed by atoms with Crippen LogP contribution in [-0.4, -0.2) is 32.1 Å². The molecule has 5 heteroatoms. The van der Waals surface area contributed by atoms with Gasteiger partial charge >= 0.3 is 0 Å². The molecule has 1 aromatic carbocycles. The minimum atomic E-state index is 0.0584. The molecule has 1 spiro atoms. The van der Waals surface area contributed by atoms with Crippen LogP contribution >= 0.6 is 0 Å². The van der Waals surface area contributed by atoms with Gasteiger partial charge in [-0.15, -0.1) is 0 Å². The Kier molecular flexibility index (Phi) is 2.86. The van der Waals surface area contributed by atoms with E-state index in [4.69, 9.17) is 15.9 Å². The molecule has 0 radical (unpaired) electrons. The van der Waals surface area contributed by atoms with Crippen LogP contribution in [0.3, 0.4) is 0 Å². The van der Waals surface area contributed by atoms with Crippen LogP contribution in [0.4, 0.5) is 5.69 Å². The smallest absolute Gasteiger partial charge is 0.125 e. The Morgan fingerprint density at radius 1 is 1.47 bits per heavy atom. The highest BCUT2D eigenvalue weighted by atomic mass is 16.5. The molecule has 1 saturated heterocycles. The predicted molar refractivity (Wildman–Crippen MR) is 76.0 cm³/mol. The molecular weight excluding hydrogens is 240 g/mol. The van der Waals surface area contributed by atoms with Gasteiger partial charge in [0.25, 0.3) is 0 Å². The van der Waals surface area contributed by atoms with Gasteiger partial charge in [-0.05, 0) is 31.0 Å². The first-order chi connectivity index (χ1) is 9.12. The molecule has 0 bridgehead atoms. The van der Waals surface area contributed by atoms with Crippen LogP contribution in [0.1, 0.15) is 18.4 Å². The van der Waals surface area contributed by atoms with Crippen LogP contribution in [-0.2, 0) is 0 Å². The van der Waals surface area contributed by atoms with E-state index >= 15 is 0 Å². The molecule has 1 saturated carbocycles. The monoisotopic (exact) mass is 260 g/mol. The van der Waals surface area contributed by atoms with E-state index in [1.54, 1.807) is 0 Å². The van der Waals surface area contributed by atoms with E-state index in [1.165, 1.54) is 0 Å². The highest BCUT2D eigenvalue weighted by Crippen LogP contribution is 2.45. The number of amidine groups is 1. The van der Waals surface area contributed by atoms with E-state index in [0.717, 1.165) is 37.4 Å². The standard InChI is InChI=1S/C14H20N4O/c1-17-12-3-2-9(4-11(12)13(15)16)19-10-5-14(6-10)7-18-8-14/h2-4,10,17-18H,5-8H2,1H3,(H3,15,16). The average Bonchev–Trinajstić information content (AvgIpc) is 2.30. The van der Waals surface area contributed by atoms with E-state index in [0.29, 0.717) is 17.1 Å². The molecule has 2 aliphatic rings. The molecule has 19 heavy (non-hydrogen) atoms. The van der Waals surface area contributed by atoms with Crippen molar-refractivity contribution < 1.29 is 4.74 Å². The predicted octanol–water partition coefficient (Wildman–Crippen LogP) is 1.14. The van der Waals surface area contributed by atoms with Crippen LogP contribution < -0.4 is 21.1 Å². The molecule has 102 valence electrons. The lowest BCUT2D eigenvalue weighted by Gasteiger charge is -2.53. The molecule has 2 fully saturated rings. The molecule has 3 rings (SSSR count). The number of benzene rings is 1. The second-order valence-electron chi connectivity index (χ2n) is 5.62. The number of anilines is 1. The van der Waals surface area contributed by atoms with Gasteiger partial charge in [-0.25, -0.2) is 0 Å². The largest absolute Gasteiger partial charge is 0.490 e. The fraction of sp³-hybridized carbons (Fsp3) is 0.500. The Morgan fingerprint density at radius 2 is 2.21 bits per heavy atom. The molecule has 1 aliphatic heterocycles. The zero-order valence-electron chi connectivity index (χ0n) is 11.1. The summed E-state index contributed by atoms with van der Waals surface area (Å²) in [6.07, 6.45) is 2.56. The molecule has 1 aliphatic carbocycles. The third-order valence-electron chi connectivity index (χ3n) is 4.17. The van der Waals surface area contributed by atoms with Gasteiger partial charge in [0.15, 0.2) is 0 Å². The lowest BCUT2D eigenvalue weighted by molar-refractivity contribution is -0.0495. The zero-order chi connectivity index (χ0) is 13.5.